The van der Waals surface area contributed by atoms with E-state index in [4.69, 9.17) is 17.5 Å². The summed E-state index contributed by atoms with van der Waals surface area (Å²) in [6.07, 6.45) is -1.12. The maximum atomic E-state index is 12.3. The van der Waals surface area contributed by atoms with Crippen molar-refractivity contribution < 1.29 is 51.1 Å². The van der Waals surface area contributed by atoms with Gasteiger partial charge in [0.15, 0.2) is 86.7 Å². The van der Waals surface area contributed by atoms with Crippen LogP contribution in [-0.2, 0) is 18.4 Å². The molecule has 0 bridgehead atoms. The summed E-state index contributed by atoms with van der Waals surface area (Å²) in [6.45, 7) is 0. The van der Waals surface area contributed by atoms with Crippen LogP contribution in [0.5, 0.6) is 51.7 Å². The van der Waals surface area contributed by atoms with Gasteiger partial charge in [-0.05, 0) is 36.4 Å². The Balaban J connectivity index is 1.45. The third kappa shape index (κ3) is 5.24. The van der Waals surface area contributed by atoms with E-state index >= 15 is 0 Å². The van der Waals surface area contributed by atoms with E-state index < -0.39 is 70.2 Å². The first-order valence-corrected chi connectivity index (χ1v) is 13.7. The van der Waals surface area contributed by atoms with Gasteiger partial charge >= 0.3 is 0 Å². The summed E-state index contributed by atoms with van der Waals surface area (Å²) in [5.74, 6) is 11.3. The molecule has 0 aliphatic carbocycles. The number of aromatic nitrogens is 9. The normalized spacial score (nSPS) is 11.7. The molecule has 0 spiro atoms. The zero-order valence-electron chi connectivity index (χ0n) is 24.6. The van der Waals surface area contributed by atoms with Gasteiger partial charge in [0.05, 0.1) is 0 Å². The van der Waals surface area contributed by atoms with Gasteiger partial charge in [0, 0.05) is 29.5 Å². The lowest BCUT2D eigenvalue weighted by atomic mass is 9.93. The topological polar surface area (TPSA) is 372 Å². The van der Waals surface area contributed by atoms with Crippen LogP contribution in [0.4, 0.5) is 0 Å². The molecule has 0 fully saturated rings. The molecule has 49 heavy (non-hydrogen) atoms. The fourth-order valence-electron chi connectivity index (χ4n) is 5.03. The van der Waals surface area contributed by atoms with Crippen molar-refractivity contribution in [3.05, 3.63) is 53.9 Å². The fraction of sp³-hybridized carbons (Fsp3) is 0.111. The van der Waals surface area contributed by atoms with Gasteiger partial charge in [0.25, 0.3) is 0 Å². The van der Waals surface area contributed by atoms with Crippen LogP contribution in [0.2, 0.25) is 0 Å². The van der Waals surface area contributed by atoms with Crippen LogP contribution in [0, 0.1) is 0 Å². The Morgan fingerprint density at radius 1 is 0.449 bits per heavy atom. The van der Waals surface area contributed by atoms with E-state index in [1.165, 1.54) is 0 Å². The number of hydrogen-bond acceptors (Lipinski definition) is 19. The van der Waals surface area contributed by atoms with Crippen LogP contribution in [-0.4, -0.2) is 95.7 Å². The Hall–Kier alpha value is -7.36. The minimum atomic E-state index is -2.29. The largest absolute Gasteiger partial charge is 0.504 e. The average molecular weight is 679 g/mol. The Morgan fingerprint density at radius 3 is 1.06 bits per heavy atom. The van der Waals surface area contributed by atoms with Crippen molar-refractivity contribution in [3.8, 4) is 85.9 Å². The maximum Gasteiger partial charge on any atom is 0.200 e. The molecule has 0 aliphatic rings. The van der Waals surface area contributed by atoms with Crippen LogP contribution >= 0.6 is 0 Å². The molecule has 3 aromatic carbocycles. The van der Waals surface area contributed by atoms with Crippen LogP contribution in [0.25, 0.3) is 34.2 Å². The molecule has 0 radical (unpaired) electrons. The van der Waals surface area contributed by atoms with Gasteiger partial charge in [-0.1, -0.05) is 0 Å². The first-order valence-electron chi connectivity index (χ1n) is 13.7. The van der Waals surface area contributed by atoms with Crippen molar-refractivity contribution in [3.63, 3.8) is 0 Å². The summed E-state index contributed by atoms with van der Waals surface area (Å²) in [5.41, 5.74) is -2.26. The third-order valence-corrected chi connectivity index (χ3v) is 7.53. The van der Waals surface area contributed by atoms with Crippen LogP contribution in [0.15, 0.2) is 36.4 Å². The van der Waals surface area contributed by atoms with Gasteiger partial charge in [0.1, 0.15) is 5.60 Å². The van der Waals surface area contributed by atoms with E-state index in [1.807, 2.05) is 0 Å². The number of rotatable bonds is 8. The molecule has 0 aliphatic heterocycles. The Bertz CT molecular complexity index is 2090. The van der Waals surface area contributed by atoms with Crippen molar-refractivity contribution in [2.75, 3.05) is 17.5 Å². The lowest BCUT2D eigenvalue weighted by Crippen LogP contribution is -2.39. The number of phenolic OH excluding ortho intramolecular Hbond substituents is 9. The molecule has 254 valence electrons. The monoisotopic (exact) mass is 678 g/mol. The standard InChI is InChI=1S/C27H26N12O10/c28-37-18(31-33-23(37)9-1-12(40)20(46)13(41)2-9)7-27(49,26-36-35-25(39(26)30)11-5-16(44)22(48)17(45)6-11)8-19-32-34-24(38(19)29)10-3-14(42)21(47)15(43)4-10/h1-6,40-49H,7-8,28-30H2. The molecule has 16 N–H and O–H groups in total. The quantitative estimate of drug-likeness (QED) is 0.0651. The van der Waals surface area contributed by atoms with Crippen molar-refractivity contribution in [1.29, 1.82) is 0 Å². The second kappa shape index (κ2) is 11.2. The number of aromatic hydroxyl groups is 9. The Morgan fingerprint density at radius 2 is 0.735 bits per heavy atom. The van der Waals surface area contributed by atoms with E-state index in [9.17, 15) is 51.1 Å². The molecule has 22 nitrogen and oxygen atoms in total. The molecule has 3 aromatic heterocycles. The highest BCUT2D eigenvalue weighted by molar-refractivity contribution is 5.68. The van der Waals surface area contributed by atoms with E-state index in [0.29, 0.717) is 0 Å². The average Bonchev–Trinajstić information content (AvgIpc) is 3.73. The first-order chi connectivity index (χ1) is 23.1. The van der Waals surface area contributed by atoms with Crippen LogP contribution in [0.3, 0.4) is 0 Å². The zero-order valence-corrected chi connectivity index (χ0v) is 24.6. The van der Waals surface area contributed by atoms with Crippen LogP contribution < -0.4 is 17.5 Å². The fourth-order valence-corrected chi connectivity index (χ4v) is 5.03. The SMILES string of the molecule is Nn1c(CC(O)(Cc2nnc(-c3cc(O)c(O)c(O)c3)n2N)c2nnc(-c3cc(O)c(O)c(O)c3)n2N)nnc1-c1cc(O)c(O)c(O)c1. The number of aliphatic hydroxyl groups is 1. The molecule has 0 amide bonds. The summed E-state index contributed by atoms with van der Waals surface area (Å²) in [5, 5.41) is 125. The Labute approximate surface area is 271 Å². The molecule has 0 saturated carbocycles. The first kappa shape index (κ1) is 31.6. The van der Waals surface area contributed by atoms with Gasteiger partial charge in [-0.15, -0.1) is 30.6 Å². The predicted molar refractivity (Wildman–Crippen MR) is 163 cm³/mol. The zero-order chi connectivity index (χ0) is 35.5. The summed E-state index contributed by atoms with van der Waals surface area (Å²) >= 11 is 0. The molecular formula is C27H26N12O10. The highest BCUT2D eigenvalue weighted by atomic mass is 16.3. The maximum absolute atomic E-state index is 12.3. The van der Waals surface area contributed by atoms with E-state index in [0.717, 1.165) is 50.4 Å². The van der Waals surface area contributed by atoms with Gasteiger partial charge in [-0.2, -0.15) is 0 Å². The summed E-state index contributed by atoms with van der Waals surface area (Å²) in [4.78, 5) is 0. The summed E-state index contributed by atoms with van der Waals surface area (Å²) < 4.78 is 2.63. The molecule has 6 aromatic rings. The number of benzene rings is 3. The number of nitrogens with zero attached hydrogens (tertiary/aromatic N) is 9. The van der Waals surface area contributed by atoms with Crippen molar-refractivity contribution >= 4 is 0 Å². The highest BCUT2D eigenvalue weighted by Crippen LogP contribution is 2.41. The molecule has 22 heteroatoms. The van der Waals surface area contributed by atoms with Crippen LogP contribution in [0.1, 0.15) is 17.5 Å². The lowest BCUT2D eigenvalue weighted by molar-refractivity contribution is 0.0206. The molecule has 0 unspecified atom stereocenters. The number of phenols is 9. The minimum absolute atomic E-state index is 0.0242. The Kier molecular flexibility index (Phi) is 7.20. The second-order valence-electron chi connectivity index (χ2n) is 10.8. The van der Waals surface area contributed by atoms with Gasteiger partial charge < -0.3 is 68.6 Å². The van der Waals surface area contributed by atoms with Crippen molar-refractivity contribution in [2.45, 2.75) is 18.4 Å². The smallest absolute Gasteiger partial charge is 0.200 e. The highest BCUT2D eigenvalue weighted by Gasteiger charge is 2.40. The predicted octanol–water partition coefficient (Wildman–Crippen LogP) is -1.37. The third-order valence-electron chi connectivity index (χ3n) is 7.53. The van der Waals surface area contributed by atoms with Crippen molar-refractivity contribution in [1.82, 2.24) is 44.6 Å². The number of nitrogens with two attached hydrogens (primary N) is 3. The molecular weight excluding hydrogens is 652 g/mol. The molecule has 0 saturated heterocycles. The number of hydrogen-bond donors (Lipinski definition) is 13. The second-order valence-corrected chi connectivity index (χ2v) is 10.8. The summed E-state index contributed by atoms with van der Waals surface area (Å²) in [6, 6.07) is 6.29. The molecule has 0 atom stereocenters. The van der Waals surface area contributed by atoms with Gasteiger partial charge in [0.2, 0.25) is 0 Å². The lowest BCUT2D eigenvalue weighted by Gasteiger charge is -2.26. The minimum Gasteiger partial charge on any atom is -0.504 e. The van der Waals surface area contributed by atoms with Gasteiger partial charge in [-0.3, -0.25) is 0 Å². The van der Waals surface area contributed by atoms with Gasteiger partial charge in [-0.25, -0.2) is 14.0 Å². The van der Waals surface area contributed by atoms with E-state index in [2.05, 4.69) is 30.6 Å². The molecule has 6 rings (SSSR count). The van der Waals surface area contributed by atoms with Crippen molar-refractivity contribution in [2.24, 2.45) is 0 Å². The summed E-state index contributed by atoms with van der Waals surface area (Å²) in [7, 11) is 0. The number of nitrogen functional groups attached to an aromatic ring is 3. The van der Waals surface area contributed by atoms with E-state index in [1.54, 1.807) is 0 Å². The van der Waals surface area contributed by atoms with E-state index in [-0.39, 0.29) is 51.6 Å². The molecule has 3 heterocycles.